The van der Waals surface area contributed by atoms with Crippen molar-refractivity contribution in [2.45, 2.75) is 20.0 Å². The number of aliphatic hydroxyl groups is 1. The Balaban J connectivity index is 1.67. The number of nitrogens with two attached hydrogens (primary N) is 1. The van der Waals surface area contributed by atoms with Crippen LogP contribution in [-0.2, 0) is 0 Å². The van der Waals surface area contributed by atoms with Gasteiger partial charge >= 0.3 is 0 Å². The monoisotopic (exact) mass is 405 g/mol. The molecule has 0 fully saturated rings. The molecule has 154 valence electrons. The molecule has 1 unspecified atom stereocenters. The summed E-state index contributed by atoms with van der Waals surface area (Å²) in [6.07, 6.45) is 5.80. The van der Waals surface area contributed by atoms with Crippen LogP contribution in [0.15, 0.2) is 41.8 Å². The molecule has 3 aromatic heterocycles. The normalized spacial score (nSPS) is 13.7. The van der Waals surface area contributed by atoms with E-state index in [1.54, 1.807) is 30.2 Å². The first kappa shape index (κ1) is 19.5. The number of fused-ring (bicyclic) bond motifs is 2. The van der Waals surface area contributed by atoms with Crippen molar-refractivity contribution in [2.75, 3.05) is 12.4 Å². The molecule has 0 aliphatic carbocycles. The van der Waals surface area contributed by atoms with E-state index in [9.17, 15) is 5.11 Å². The molecule has 10 heteroatoms. The van der Waals surface area contributed by atoms with Gasteiger partial charge in [-0.15, -0.1) is 5.10 Å². The smallest absolute Gasteiger partial charge is 0.247 e. The molecule has 3 heterocycles. The average molecular weight is 405 g/mol. The molecule has 0 amide bonds. The molecule has 5 N–H and O–H groups in total. The summed E-state index contributed by atoms with van der Waals surface area (Å²) in [5.41, 5.74) is 9.73. The third-order valence-corrected chi connectivity index (χ3v) is 4.74. The lowest BCUT2D eigenvalue weighted by Crippen LogP contribution is -2.06. The fourth-order valence-electron chi connectivity index (χ4n) is 3.19. The SMILES string of the molecule is CN=CC(=CN)c1nccn2nc(Nc3ccc4c(C(O)C(C)C)[nH]nc4c3)nc12. The molecule has 0 bridgehead atoms. The van der Waals surface area contributed by atoms with Crippen LogP contribution in [0.25, 0.3) is 22.1 Å². The van der Waals surface area contributed by atoms with Crippen LogP contribution in [-0.4, -0.2) is 48.1 Å². The molecule has 10 nitrogen and oxygen atoms in total. The van der Waals surface area contributed by atoms with Crippen molar-refractivity contribution in [1.29, 1.82) is 0 Å². The van der Waals surface area contributed by atoms with Gasteiger partial charge in [-0.3, -0.25) is 15.1 Å². The second-order valence-electron chi connectivity index (χ2n) is 7.17. The molecule has 4 aromatic rings. The first-order valence-corrected chi connectivity index (χ1v) is 9.50. The zero-order chi connectivity index (χ0) is 21.3. The van der Waals surface area contributed by atoms with Crippen LogP contribution in [0.1, 0.15) is 31.3 Å². The van der Waals surface area contributed by atoms with Gasteiger partial charge in [-0.25, -0.2) is 4.52 Å². The van der Waals surface area contributed by atoms with Gasteiger partial charge in [0.2, 0.25) is 5.95 Å². The highest BCUT2D eigenvalue weighted by atomic mass is 16.3. The van der Waals surface area contributed by atoms with Gasteiger partial charge in [-0.05, 0) is 24.1 Å². The van der Waals surface area contributed by atoms with Crippen molar-refractivity contribution in [3.63, 3.8) is 0 Å². The van der Waals surface area contributed by atoms with Crippen LogP contribution in [0.3, 0.4) is 0 Å². The Bertz CT molecular complexity index is 1250. The van der Waals surface area contributed by atoms with Crippen LogP contribution < -0.4 is 11.1 Å². The van der Waals surface area contributed by atoms with E-state index in [0.717, 1.165) is 16.6 Å². The van der Waals surface area contributed by atoms with Gasteiger partial charge in [0.25, 0.3) is 0 Å². The minimum atomic E-state index is -0.601. The number of aromatic nitrogens is 6. The second-order valence-corrected chi connectivity index (χ2v) is 7.17. The average Bonchev–Trinajstić information content (AvgIpc) is 3.34. The zero-order valence-electron chi connectivity index (χ0n) is 16.9. The maximum atomic E-state index is 10.4. The number of anilines is 2. The molecule has 0 spiro atoms. The molecule has 0 radical (unpaired) electrons. The maximum Gasteiger partial charge on any atom is 0.247 e. The molecule has 1 aromatic carbocycles. The predicted molar refractivity (Wildman–Crippen MR) is 117 cm³/mol. The number of H-pyrrole nitrogens is 1. The number of hydrogen-bond acceptors (Lipinski definition) is 8. The van der Waals surface area contributed by atoms with Gasteiger partial charge in [0.15, 0.2) is 5.65 Å². The van der Waals surface area contributed by atoms with E-state index in [2.05, 4.69) is 35.6 Å². The molecule has 0 aliphatic rings. The van der Waals surface area contributed by atoms with Crippen LogP contribution >= 0.6 is 0 Å². The predicted octanol–water partition coefficient (Wildman–Crippen LogP) is 2.43. The van der Waals surface area contributed by atoms with E-state index in [-0.39, 0.29) is 5.92 Å². The Morgan fingerprint density at radius 3 is 2.93 bits per heavy atom. The second kappa shape index (κ2) is 7.91. The number of rotatable bonds is 6. The van der Waals surface area contributed by atoms with E-state index < -0.39 is 6.10 Å². The minimum absolute atomic E-state index is 0.0849. The molecular formula is C20H23N9O. The Morgan fingerprint density at radius 2 is 2.20 bits per heavy atom. The summed E-state index contributed by atoms with van der Waals surface area (Å²) >= 11 is 0. The van der Waals surface area contributed by atoms with E-state index >= 15 is 0 Å². The van der Waals surface area contributed by atoms with Gasteiger partial charge in [0.1, 0.15) is 5.69 Å². The standard InChI is InChI=1S/C20H23N9O/c1-11(2)18(30)17-14-5-4-13(8-15(14)26-27-17)24-20-25-19-16(12(9-21)10-22-3)23-6-7-29(19)28-20/h4-11,18,30H,21H2,1-3H3,(H,24,28)(H,26,27). The molecule has 30 heavy (non-hydrogen) atoms. The van der Waals surface area contributed by atoms with Crippen LogP contribution in [0.4, 0.5) is 11.6 Å². The number of aliphatic imine (C=N–C) groups is 1. The summed E-state index contributed by atoms with van der Waals surface area (Å²) < 4.78 is 1.63. The zero-order valence-corrected chi connectivity index (χ0v) is 16.9. The molecule has 0 aliphatic heterocycles. The first-order chi connectivity index (χ1) is 14.5. The van der Waals surface area contributed by atoms with Gasteiger partial charge in [-0.2, -0.15) is 10.1 Å². The van der Waals surface area contributed by atoms with E-state index in [1.165, 1.54) is 6.20 Å². The number of benzene rings is 1. The molecule has 0 saturated heterocycles. The van der Waals surface area contributed by atoms with Crippen LogP contribution in [0.5, 0.6) is 0 Å². The molecule has 0 saturated carbocycles. The lowest BCUT2D eigenvalue weighted by atomic mass is 10.0. The maximum absolute atomic E-state index is 10.4. The number of allylic oxidation sites excluding steroid dienone is 1. The summed E-state index contributed by atoms with van der Waals surface area (Å²) in [6, 6.07) is 5.69. The first-order valence-electron chi connectivity index (χ1n) is 9.50. The summed E-state index contributed by atoms with van der Waals surface area (Å²) in [4.78, 5) is 12.9. The van der Waals surface area contributed by atoms with Crippen molar-refractivity contribution in [3.8, 4) is 0 Å². The van der Waals surface area contributed by atoms with Gasteiger partial charge in [0, 0.05) is 48.5 Å². The van der Waals surface area contributed by atoms with Crippen molar-refractivity contribution in [2.24, 2.45) is 16.6 Å². The lowest BCUT2D eigenvalue weighted by molar-refractivity contribution is 0.124. The summed E-state index contributed by atoms with van der Waals surface area (Å²) in [5.74, 6) is 0.494. The fraction of sp³-hybridized carbons (Fsp3) is 0.250. The molecule has 4 rings (SSSR count). The molecule has 1 atom stereocenters. The largest absolute Gasteiger partial charge is 0.404 e. The highest BCUT2D eigenvalue weighted by molar-refractivity contribution is 6.10. The highest BCUT2D eigenvalue weighted by Crippen LogP contribution is 2.29. The minimum Gasteiger partial charge on any atom is -0.404 e. The topological polar surface area (TPSA) is 142 Å². The number of nitrogens with zero attached hydrogens (tertiary/aromatic N) is 6. The van der Waals surface area contributed by atoms with E-state index in [1.807, 2.05) is 32.0 Å². The van der Waals surface area contributed by atoms with E-state index in [0.29, 0.717) is 28.6 Å². The van der Waals surface area contributed by atoms with Gasteiger partial charge in [-0.1, -0.05) is 13.8 Å². The number of aliphatic hydroxyl groups excluding tert-OH is 1. The van der Waals surface area contributed by atoms with E-state index in [4.69, 9.17) is 5.73 Å². The quantitative estimate of drug-likeness (QED) is 0.361. The third-order valence-electron chi connectivity index (χ3n) is 4.74. The summed E-state index contributed by atoms with van der Waals surface area (Å²) in [7, 11) is 1.66. The number of aromatic amines is 1. The summed E-state index contributed by atoms with van der Waals surface area (Å²) in [5, 5.41) is 26.2. The fourth-order valence-corrected chi connectivity index (χ4v) is 3.19. The van der Waals surface area contributed by atoms with Gasteiger partial charge in [0.05, 0.1) is 17.3 Å². The van der Waals surface area contributed by atoms with Crippen LogP contribution in [0, 0.1) is 5.92 Å². The Morgan fingerprint density at radius 1 is 1.37 bits per heavy atom. The summed E-state index contributed by atoms with van der Waals surface area (Å²) in [6.45, 7) is 3.92. The van der Waals surface area contributed by atoms with Crippen molar-refractivity contribution >= 4 is 40.0 Å². The Labute approximate surface area is 172 Å². The van der Waals surface area contributed by atoms with Crippen molar-refractivity contribution < 1.29 is 5.11 Å². The Hall–Kier alpha value is -3.79. The Kier molecular flexibility index (Phi) is 5.15. The van der Waals surface area contributed by atoms with Gasteiger partial charge < -0.3 is 16.2 Å². The third kappa shape index (κ3) is 3.48. The lowest BCUT2D eigenvalue weighted by Gasteiger charge is -2.12. The number of nitrogens with one attached hydrogen (secondary N) is 2. The molecular weight excluding hydrogens is 382 g/mol. The van der Waals surface area contributed by atoms with Crippen molar-refractivity contribution in [1.82, 2.24) is 29.8 Å². The van der Waals surface area contributed by atoms with Crippen LogP contribution in [0.2, 0.25) is 0 Å². The number of hydrogen-bond donors (Lipinski definition) is 4. The van der Waals surface area contributed by atoms with Crippen molar-refractivity contribution in [3.05, 3.63) is 48.2 Å². The highest BCUT2D eigenvalue weighted by Gasteiger charge is 2.18.